The van der Waals surface area contributed by atoms with Gasteiger partial charge in [-0.05, 0) is 31.4 Å². The second kappa shape index (κ2) is 5.40. The van der Waals surface area contributed by atoms with Gasteiger partial charge in [0.25, 0.3) is 0 Å². The zero-order valence-corrected chi connectivity index (χ0v) is 11.1. The van der Waals surface area contributed by atoms with Gasteiger partial charge in [0.05, 0.1) is 5.69 Å². The summed E-state index contributed by atoms with van der Waals surface area (Å²) >= 11 is 0. The van der Waals surface area contributed by atoms with Gasteiger partial charge in [-0.15, -0.1) is 0 Å². The standard InChI is InChI=1S/C14H21N3O/c1-3-16(2)14(18)17-10-6-8-12(15)11-7-4-5-9-13(11)17/h4-5,7,9,12H,3,6,8,10,15H2,1-2H3. The van der Waals surface area contributed by atoms with E-state index in [9.17, 15) is 4.79 Å². The second-order valence-electron chi connectivity index (χ2n) is 4.76. The van der Waals surface area contributed by atoms with Crippen molar-refractivity contribution in [2.24, 2.45) is 5.73 Å². The van der Waals surface area contributed by atoms with E-state index in [0.29, 0.717) is 6.54 Å². The van der Waals surface area contributed by atoms with Gasteiger partial charge >= 0.3 is 6.03 Å². The van der Waals surface area contributed by atoms with E-state index in [4.69, 9.17) is 5.73 Å². The molecule has 1 aromatic carbocycles. The molecule has 18 heavy (non-hydrogen) atoms. The molecular weight excluding hydrogens is 226 g/mol. The van der Waals surface area contributed by atoms with Gasteiger partial charge in [-0.2, -0.15) is 0 Å². The first-order chi connectivity index (χ1) is 8.65. The van der Waals surface area contributed by atoms with E-state index in [2.05, 4.69) is 0 Å². The van der Waals surface area contributed by atoms with Crippen molar-refractivity contribution in [3.05, 3.63) is 29.8 Å². The van der Waals surface area contributed by atoms with Crippen LogP contribution in [0, 0.1) is 0 Å². The summed E-state index contributed by atoms with van der Waals surface area (Å²) in [6.07, 6.45) is 1.87. The maximum absolute atomic E-state index is 12.4. The molecule has 1 atom stereocenters. The number of amides is 2. The van der Waals surface area contributed by atoms with Crippen LogP contribution < -0.4 is 10.6 Å². The van der Waals surface area contributed by atoms with Crippen molar-refractivity contribution < 1.29 is 4.79 Å². The number of fused-ring (bicyclic) bond motifs is 1. The lowest BCUT2D eigenvalue weighted by Crippen LogP contribution is -2.41. The summed E-state index contributed by atoms with van der Waals surface area (Å²) < 4.78 is 0. The first kappa shape index (κ1) is 12.9. The number of urea groups is 1. The van der Waals surface area contributed by atoms with Gasteiger partial charge in [-0.3, -0.25) is 4.90 Å². The Hall–Kier alpha value is -1.55. The number of rotatable bonds is 1. The van der Waals surface area contributed by atoms with Gasteiger partial charge < -0.3 is 10.6 Å². The lowest BCUT2D eigenvalue weighted by molar-refractivity contribution is 0.217. The molecule has 2 amide bonds. The topological polar surface area (TPSA) is 49.6 Å². The highest BCUT2D eigenvalue weighted by Crippen LogP contribution is 2.31. The van der Waals surface area contributed by atoms with Crippen LogP contribution in [0.1, 0.15) is 31.4 Å². The van der Waals surface area contributed by atoms with Gasteiger partial charge in [0.2, 0.25) is 0 Å². The van der Waals surface area contributed by atoms with E-state index in [0.717, 1.165) is 30.6 Å². The molecule has 1 heterocycles. The number of nitrogens with zero attached hydrogens (tertiary/aromatic N) is 2. The molecule has 4 heteroatoms. The van der Waals surface area contributed by atoms with E-state index in [1.54, 1.807) is 4.90 Å². The van der Waals surface area contributed by atoms with Crippen molar-refractivity contribution >= 4 is 11.7 Å². The van der Waals surface area contributed by atoms with E-state index >= 15 is 0 Å². The molecule has 1 aliphatic heterocycles. The fourth-order valence-electron chi connectivity index (χ4n) is 2.33. The van der Waals surface area contributed by atoms with E-state index in [-0.39, 0.29) is 12.1 Å². The lowest BCUT2D eigenvalue weighted by Gasteiger charge is -2.28. The average Bonchev–Trinajstić information content (AvgIpc) is 2.57. The van der Waals surface area contributed by atoms with Crippen LogP contribution in [0.3, 0.4) is 0 Å². The quantitative estimate of drug-likeness (QED) is 0.828. The molecule has 0 fully saturated rings. The Morgan fingerprint density at radius 1 is 1.50 bits per heavy atom. The summed E-state index contributed by atoms with van der Waals surface area (Å²) in [4.78, 5) is 15.9. The smallest absolute Gasteiger partial charge is 0.324 e. The zero-order chi connectivity index (χ0) is 13.1. The minimum absolute atomic E-state index is 0.0333. The first-order valence-corrected chi connectivity index (χ1v) is 6.52. The minimum atomic E-state index is 0.0333. The molecule has 1 aliphatic rings. The first-order valence-electron chi connectivity index (χ1n) is 6.52. The number of hydrogen-bond donors (Lipinski definition) is 1. The normalized spacial score (nSPS) is 19.1. The fourth-order valence-corrected chi connectivity index (χ4v) is 2.33. The summed E-state index contributed by atoms with van der Waals surface area (Å²) in [5.41, 5.74) is 8.21. The molecule has 0 bridgehead atoms. The monoisotopic (exact) mass is 247 g/mol. The maximum atomic E-state index is 12.4. The van der Waals surface area contributed by atoms with Gasteiger partial charge in [-0.25, -0.2) is 4.79 Å². The molecule has 2 rings (SSSR count). The third kappa shape index (κ3) is 2.34. The van der Waals surface area contributed by atoms with E-state index < -0.39 is 0 Å². The Labute approximate surface area is 108 Å². The number of hydrogen-bond acceptors (Lipinski definition) is 2. The number of carbonyl (C=O) groups excluding carboxylic acids is 1. The van der Waals surface area contributed by atoms with Gasteiger partial charge in [0.1, 0.15) is 0 Å². The SMILES string of the molecule is CCN(C)C(=O)N1CCCC(N)c2ccccc21. The molecule has 1 aromatic rings. The van der Waals surface area contributed by atoms with E-state index in [1.807, 2.05) is 43.1 Å². The minimum Gasteiger partial charge on any atom is -0.328 e. The Morgan fingerprint density at radius 2 is 2.22 bits per heavy atom. The van der Waals surface area contributed by atoms with Crippen LogP contribution in [0.2, 0.25) is 0 Å². The summed E-state index contributed by atoms with van der Waals surface area (Å²) in [5.74, 6) is 0. The van der Waals surface area contributed by atoms with Crippen molar-refractivity contribution in [1.29, 1.82) is 0 Å². The Morgan fingerprint density at radius 3 is 2.94 bits per heavy atom. The maximum Gasteiger partial charge on any atom is 0.324 e. The lowest BCUT2D eigenvalue weighted by atomic mass is 10.0. The molecule has 0 saturated carbocycles. The summed E-state index contributed by atoms with van der Waals surface area (Å²) in [5, 5.41) is 0. The third-order valence-corrected chi connectivity index (χ3v) is 3.56. The highest BCUT2D eigenvalue weighted by molar-refractivity contribution is 5.93. The molecule has 1 unspecified atom stereocenters. The molecular formula is C14H21N3O. The van der Waals surface area contributed by atoms with Gasteiger partial charge in [0, 0.05) is 26.2 Å². The Kier molecular flexibility index (Phi) is 3.87. The number of nitrogens with two attached hydrogens (primary N) is 1. The van der Waals surface area contributed by atoms with Crippen molar-refractivity contribution in [2.75, 3.05) is 25.0 Å². The average molecular weight is 247 g/mol. The number of benzene rings is 1. The van der Waals surface area contributed by atoms with Crippen molar-refractivity contribution in [3.8, 4) is 0 Å². The van der Waals surface area contributed by atoms with E-state index in [1.165, 1.54) is 0 Å². The van der Waals surface area contributed by atoms with Crippen LogP contribution in [0.25, 0.3) is 0 Å². The molecule has 0 aliphatic carbocycles. The number of anilines is 1. The predicted molar refractivity (Wildman–Crippen MR) is 73.7 cm³/mol. The molecule has 98 valence electrons. The van der Waals surface area contributed by atoms with Crippen LogP contribution in [0.4, 0.5) is 10.5 Å². The second-order valence-corrected chi connectivity index (χ2v) is 4.76. The summed E-state index contributed by atoms with van der Waals surface area (Å²) in [6.45, 7) is 3.44. The summed E-state index contributed by atoms with van der Waals surface area (Å²) in [7, 11) is 1.83. The Bertz CT molecular complexity index is 433. The van der Waals surface area contributed by atoms with Crippen LogP contribution in [0.15, 0.2) is 24.3 Å². The van der Waals surface area contributed by atoms with Crippen LogP contribution in [-0.4, -0.2) is 31.1 Å². The van der Waals surface area contributed by atoms with Crippen LogP contribution in [0.5, 0.6) is 0 Å². The van der Waals surface area contributed by atoms with Crippen LogP contribution >= 0.6 is 0 Å². The zero-order valence-electron chi connectivity index (χ0n) is 11.1. The van der Waals surface area contributed by atoms with Crippen molar-refractivity contribution in [1.82, 2.24) is 4.90 Å². The largest absolute Gasteiger partial charge is 0.328 e. The highest BCUT2D eigenvalue weighted by Gasteiger charge is 2.25. The highest BCUT2D eigenvalue weighted by atomic mass is 16.2. The molecule has 0 spiro atoms. The number of carbonyl (C=O) groups is 1. The van der Waals surface area contributed by atoms with Crippen molar-refractivity contribution in [3.63, 3.8) is 0 Å². The molecule has 4 nitrogen and oxygen atoms in total. The van der Waals surface area contributed by atoms with Crippen LogP contribution in [-0.2, 0) is 0 Å². The molecule has 0 aromatic heterocycles. The molecule has 0 saturated heterocycles. The van der Waals surface area contributed by atoms with Gasteiger partial charge in [-0.1, -0.05) is 18.2 Å². The molecule has 0 radical (unpaired) electrons. The third-order valence-electron chi connectivity index (χ3n) is 3.56. The molecule has 2 N–H and O–H groups in total. The Balaban J connectivity index is 2.37. The fraction of sp³-hybridized carbons (Fsp3) is 0.500. The van der Waals surface area contributed by atoms with Gasteiger partial charge in [0.15, 0.2) is 0 Å². The number of para-hydroxylation sites is 1. The van der Waals surface area contributed by atoms with Crippen molar-refractivity contribution in [2.45, 2.75) is 25.8 Å². The summed E-state index contributed by atoms with van der Waals surface area (Å²) in [6, 6.07) is 8.05. The predicted octanol–water partition coefficient (Wildman–Crippen LogP) is 2.36.